The van der Waals surface area contributed by atoms with Crippen molar-refractivity contribution in [1.82, 2.24) is 9.38 Å². The van der Waals surface area contributed by atoms with Gasteiger partial charge >= 0.3 is 5.97 Å². The number of carbonyl (C=O) groups is 1. The fraction of sp³-hybridized carbons (Fsp3) is 0.429. The Bertz CT molecular complexity index is 653. The monoisotopic (exact) mass is 324 g/mol. The van der Waals surface area contributed by atoms with Crippen LogP contribution in [0.1, 0.15) is 37.7 Å². The molecule has 0 fully saturated rings. The number of aromatic nitrogens is 2. The number of pyridine rings is 1. The summed E-state index contributed by atoms with van der Waals surface area (Å²) in [5.74, 6) is -0.844. The van der Waals surface area contributed by atoms with Crippen molar-refractivity contribution in [2.24, 2.45) is 0 Å². The maximum absolute atomic E-state index is 11.1. The van der Waals surface area contributed by atoms with Crippen molar-refractivity contribution < 1.29 is 9.90 Å². The average molecular weight is 325 g/mol. The van der Waals surface area contributed by atoms with Crippen molar-refractivity contribution in [3.05, 3.63) is 33.7 Å². The van der Waals surface area contributed by atoms with E-state index in [1.165, 1.54) is 0 Å². The predicted octanol–water partition coefficient (Wildman–Crippen LogP) is 3.33. The largest absolute Gasteiger partial charge is 0.481 e. The molecule has 0 aromatic carbocycles. The molecule has 0 saturated heterocycles. The van der Waals surface area contributed by atoms with Gasteiger partial charge in [-0.25, -0.2) is 4.98 Å². The second-order valence-corrected chi connectivity index (χ2v) is 6.61. The summed E-state index contributed by atoms with van der Waals surface area (Å²) in [5, 5.41) is 9.11. The molecule has 0 aliphatic rings. The summed E-state index contributed by atoms with van der Waals surface area (Å²) in [7, 11) is 0. The maximum Gasteiger partial charge on any atom is 0.309 e. The van der Waals surface area contributed by atoms with E-state index in [0.717, 1.165) is 27.1 Å². The van der Waals surface area contributed by atoms with Crippen molar-refractivity contribution in [3.63, 3.8) is 0 Å². The van der Waals surface area contributed by atoms with Crippen molar-refractivity contribution in [1.29, 1.82) is 0 Å². The van der Waals surface area contributed by atoms with Crippen molar-refractivity contribution in [2.75, 3.05) is 0 Å². The lowest BCUT2D eigenvalue weighted by Gasteiger charge is -2.17. The van der Waals surface area contributed by atoms with Gasteiger partial charge in [0, 0.05) is 16.1 Å². The number of hydrogen-bond donors (Lipinski definition) is 1. The summed E-state index contributed by atoms with van der Waals surface area (Å²) in [6.45, 7) is 8.12. The van der Waals surface area contributed by atoms with E-state index in [9.17, 15) is 4.79 Å². The fourth-order valence-electron chi connectivity index (χ4n) is 2.12. The van der Waals surface area contributed by atoms with Gasteiger partial charge in [-0.15, -0.1) is 0 Å². The first-order valence-electron chi connectivity index (χ1n) is 6.09. The van der Waals surface area contributed by atoms with Crippen LogP contribution in [0, 0.1) is 6.92 Å². The molecule has 2 aromatic rings. The van der Waals surface area contributed by atoms with E-state index in [-0.39, 0.29) is 11.8 Å². The number of carboxylic acids is 1. The van der Waals surface area contributed by atoms with Gasteiger partial charge in [0.15, 0.2) is 0 Å². The highest BCUT2D eigenvalue weighted by molar-refractivity contribution is 9.10. The number of halogens is 1. The molecule has 2 aromatic heterocycles. The number of imidazole rings is 1. The molecule has 0 unspecified atom stereocenters. The first-order chi connectivity index (χ1) is 8.70. The van der Waals surface area contributed by atoms with Gasteiger partial charge in [0.2, 0.25) is 0 Å². The molecule has 0 bridgehead atoms. The molecule has 0 spiro atoms. The fourth-order valence-corrected chi connectivity index (χ4v) is 2.44. The molecule has 2 rings (SSSR count). The zero-order valence-electron chi connectivity index (χ0n) is 11.5. The first-order valence-corrected chi connectivity index (χ1v) is 6.89. The van der Waals surface area contributed by atoms with Gasteiger partial charge in [0.1, 0.15) is 5.65 Å². The van der Waals surface area contributed by atoms with Crippen LogP contribution in [0.15, 0.2) is 16.7 Å². The normalized spacial score (nSPS) is 12.1. The maximum atomic E-state index is 11.1. The Morgan fingerprint density at radius 3 is 2.63 bits per heavy atom. The smallest absolute Gasteiger partial charge is 0.309 e. The van der Waals surface area contributed by atoms with E-state index in [4.69, 9.17) is 5.11 Å². The molecule has 0 aliphatic heterocycles. The van der Waals surface area contributed by atoms with Gasteiger partial charge in [-0.1, -0.05) is 20.8 Å². The Hall–Kier alpha value is -1.36. The number of fused-ring (bicyclic) bond motifs is 1. The van der Waals surface area contributed by atoms with E-state index < -0.39 is 5.97 Å². The lowest BCUT2D eigenvalue weighted by Crippen LogP contribution is -2.17. The lowest BCUT2D eigenvalue weighted by molar-refractivity contribution is -0.136. The molecular weight excluding hydrogens is 308 g/mol. The third-order valence-corrected chi connectivity index (χ3v) is 3.86. The number of aryl methyl sites for hydroxylation is 1. The van der Waals surface area contributed by atoms with Crippen LogP contribution in [0.5, 0.6) is 0 Å². The summed E-state index contributed by atoms with van der Waals surface area (Å²) < 4.78 is 2.82. The molecule has 2 heterocycles. The van der Waals surface area contributed by atoms with Gasteiger partial charge in [0.25, 0.3) is 0 Å². The molecule has 0 radical (unpaired) electrons. The van der Waals surface area contributed by atoms with Crippen LogP contribution in [0.3, 0.4) is 0 Å². The van der Waals surface area contributed by atoms with Gasteiger partial charge in [-0.2, -0.15) is 0 Å². The number of carboxylic acid groups (broad SMARTS) is 1. The van der Waals surface area contributed by atoms with Crippen molar-refractivity contribution in [3.8, 4) is 0 Å². The molecule has 5 heteroatoms. The summed E-state index contributed by atoms with van der Waals surface area (Å²) in [6.07, 6.45) is 1.87. The van der Waals surface area contributed by atoms with E-state index in [2.05, 4.69) is 20.9 Å². The van der Waals surface area contributed by atoms with Gasteiger partial charge in [-0.3, -0.25) is 4.79 Å². The standard InChI is InChI=1S/C14H17BrN2O2/c1-8-5-11-16-13(14(2,3)4)10(6-12(18)19)17(11)7-9(8)15/h5,7H,6H2,1-4H3,(H,18,19). The zero-order chi connectivity index (χ0) is 14.4. The minimum atomic E-state index is -0.844. The zero-order valence-corrected chi connectivity index (χ0v) is 13.1. The number of aliphatic carboxylic acids is 1. The Morgan fingerprint density at radius 1 is 1.47 bits per heavy atom. The highest BCUT2D eigenvalue weighted by atomic mass is 79.9. The molecule has 0 aliphatic carbocycles. The summed E-state index contributed by atoms with van der Waals surface area (Å²) in [6, 6.07) is 1.96. The molecule has 102 valence electrons. The van der Waals surface area contributed by atoms with E-state index >= 15 is 0 Å². The van der Waals surface area contributed by atoms with Gasteiger partial charge in [-0.05, 0) is 34.5 Å². The summed E-state index contributed by atoms with van der Waals surface area (Å²) >= 11 is 3.48. The second-order valence-electron chi connectivity index (χ2n) is 5.76. The molecule has 4 nitrogen and oxygen atoms in total. The Morgan fingerprint density at radius 2 is 2.11 bits per heavy atom. The van der Waals surface area contributed by atoms with Crippen LogP contribution in [-0.4, -0.2) is 20.5 Å². The lowest BCUT2D eigenvalue weighted by atomic mass is 9.90. The molecule has 0 atom stereocenters. The van der Waals surface area contributed by atoms with Crippen LogP contribution in [-0.2, 0) is 16.6 Å². The molecule has 0 saturated carbocycles. The first kappa shape index (κ1) is 14.1. The highest BCUT2D eigenvalue weighted by Crippen LogP contribution is 2.28. The van der Waals surface area contributed by atoms with Crippen LogP contribution in [0.25, 0.3) is 5.65 Å². The van der Waals surface area contributed by atoms with Gasteiger partial charge in [0.05, 0.1) is 17.8 Å². The third kappa shape index (κ3) is 2.66. The molecule has 19 heavy (non-hydrogen) atoms. The van der Waals surface area contributed by atoms with Crippen molar-refractivity contribution in [2.45, 2.75) is 39.5 Å². The number of hydrogen-bond acceptors (Lipinski definition) is 2. The van der Waals surface area contributed by atoms with Crippen molar-refractivity contribution >= 4 is 27.5 Å². The van der Waals surface area contributed by atoms with E-state index in [1.54, 1.807) is 0 Å². The predicted molar refractivity (Wildman–Crippen MR) is 77.7 cm³/mol. The Balaban J connectivity index is 2.77. The average Bonchev–Trinajstić information content (AvgIpc) is 2.57. The van der Waals surface area contributed by atoms with Crippen LogP contribution in [0.2, 0.25) is 0 Å². The number of nitrogens with zero attached hydrogens (tertiary/aromatic N) is 2. The molecule has 0 amide bonds. The minimum absolute atomic E-state index is 0.0245. The van der Waals surface area contributed by atoms with E-state index in [1.807, 2.05) is 44.4 Å². The molecule has 1 N–H and O–H groups in total. The van der Waals surface area contributed by atoms with Crippen LogP contribution >= 0.6 is 15.9 Å². The summed E-state index contributed by atoms with van der Waals surface area (Å²) in [5.41, 5.74) is 3.28. The SMILES string of the molecule is Cc1cc2nc(C(C)(C)C)c(CC(=O)O)n2cc1Br. The minimum Gasteiger partial charge on any atom is -0.481 e. The quantitative estimate of drug-likeness (QED) is 0.921. The van der Waals surface area contributed by atoms with E-state index in [0.29, 0.717) is 0 Å². The van der Waals surface area contributed by atoms with Gasteiger partial charge < -0.3 is 9.51 Å². The Labute approximate surface area is 120 Å². The highest BCUT2D eigenvalue weighted by Gasteiger charge is 2.25. The number of rotatable bonds is 2. The third-order valence-electron chi connectivity index (χ3n) is 3.03. The topological polar surface area (TPSA) is 54.6 Å². The molecular formula is C14H17BrN2O2. The van der Waals surface area contributed by atoms with Crippen LogP contribution in [0.4, 0.5) is 0 Å². The Kier molecular flexibility index (Phi) is 3.43. The van der Waals surface area contributed by atoms with Crippen LogP contribution < -0.4 is 0 Å². The summed E-state index contributed by atoms with van der Waals surface area (Å²) in [4.78, 5) is 15.7. The second kappa shape index (κ2) is 4.63.